The van der Waals surface area contributed by atoms with E-state index in [0.717, 1.165) is 23.0 Å². The molecule has 1 aromatic heterocycles. The van der Waals surface area contributed by atoms with Gasteiger partial charge in [-0.1, -0.05) is 47.7 Å². The summed E-state index contributed by atoms with van der Waals surface area (Å²) in [5, 5.41) is 9.22. The van der Waals surface area contributed by atoms with Gasteiger partial charge in [0, 0.05) is 18.4 Å². The summed E-state index contributed by atoms with van der Waals surface area (Å²) in [4.78, 5) is 0. The highest BCUT2D eigenvalue weighted by Gasteiger charge is 2.20. The third-order valence-corrected chi connectivity index (χ3v) is 5.14. The summed E-state index contributed by atoms with van der Waals surface area (Å²) in [5.74, 6) is -0.138. The first-order valence-electron chi connectivity index (χ1n) is 8.82. The van der Waals surface area contributed by atoms with Crippen LogP contribution in [-0.2, 0) is 12.3 Å². The summed E-state index contributed by atoms with van der Waals surface area (Å²) in [6.45, 7) is 8.08. The van der Waals surface area contributed by atoms with Gasteiger partial charge in [-0.05, 0) is 31.5 Å². The maximum atomic E-state index is 13.9. The minimum atomic E-state index is -0.754. The van der Waals surface area contributed by atoms with Gasteiger partial charge in [0.25, 0.3) is 0 Å². The molecule has 0 fully saturated rings. The third-order valence-electron chi connectivity index (χ3n) is 4.11. The zero-order valence-electron chi connectivity index (χ0n) is 15.7. The minimum absolute atomic E-state index is 0.0316. The number of hydrogen-bond donors (Lipinski definition) is 0. The predicted molar refractivity (Wildman–Crippen MR) is 106 cm³/mol. The molecule has 2 aromatic carbocycles. The number of aryl methyl sites for hydroxylation is 1. The van der Waals surface area contributed by atoms with Gasteiger partial charge in [0.05, 0.1) is 0 Å². The van der Waals surface area contributed by atoms with Crippen molar-refractivity contribution in [3.63, 3.8) is 0 Å². The van der Waals surface area contributed by atoms with Crippen LogP contribution in [-0.4, -0.2) is 14.8 Å². The zero-order chi connectivity index (χ0) is 20.1. The van der Waals surface area contributed by atoms with Gasteiger partial charge >= 0.3 is 0 Å². The summed E-state index contributed by atoms with van der Waals surface area (Å²) in [5.41, 5.74) is 2.40. The lowest BCUT2D eigenvalue weighted by Gasteiger charge is -2.16. The average molecular weight is 401 g/mol. The van der Waals surface area contributed by atoms with Gasteiger partial charge in [-0.3, -0.25) is 4.57 Å². The highest BCUT2D eigenvalue weighted by molar-refractivity contribution is 7.98. The molecular weight excluding hydrogens is 380 g/mol. The molecule has 28 heavy (non-hydrogen) atoms. The van der Waals surface area contributed by atoms with E-state index in [1.54, 1.807) is 24.8 Å². The molecule has 0 aliphatic carbocycles. The Bertz CT molecular complexity index is 957. The van der Waals surface area contributed by atoms with E-state index >= 15 is 0 Å². The Balaban J connectivity index is 1.77. The van der Waals surface area contributed by atoms with Crippen LogP contribution in [0.3, 0.4) is 0 Å². The lowest BCUT2D eigenvalue weighted by molar-refractivity contribution is 0.200. The topological polar surface area (TPSA) is 39.9 Å². The number of halogens is 2. The average Bonchev–Trinajstić information content (AvgIpc) is 3.07. The second kappa shape index (κ2) is 9.01. The molecule has 0 N–H and O–H groups in total. The largest absolute Gasteiger partial charge is 0.480 e. The molecular formula is C21H21F2N3OS. The Labute approximate surface area is 167 Å². The van der Waals surface area contributed by atoms with Crippen LogP contribution < -0.4 is 4.74 Å². The normalized spacial score (nSPS) is 12.0. The molecule has 0 saturated carbocycles. The van der Waals surface area contributed by atoms with E-state index in [0.29, 0.717) is 12.4 Å². The van der Waals surface area contributed by atoms with E-state index in [2.05, 4.69) is 48.0 Å². The monoisotopic (exact) mass is 401 g/mol. The fraction of sp³-hybridized carbons (Fsp3) is 0.238. The first-order chi connectivity index (χ1) is 13.5. The van der Waals surface area contributed by atoms with Gasteiger partial charge in [0.1, 0.15) is 5.82 Å². The van der Waals surface area contributed by atoms with Crippen LogP contribution in [0.2, 0.25) is 0 Å². The van der Waals surface area contributed by atoms with Gasteiger partial charge in [0.2, 0.25) is 0 Å². The Morgan fingerprint density at radius 3 is 2.61 bits per heavy atom. The molecule has 146 valence electrons. The van der Waals surface area contributed by atoms with Crippen LogP contribution in [0.25, 0.3) is 0 Å². The molecule has 1 unspecified atom stereocenters. The van der Waals surface area contributed by atoms with E-state index in [-0.39, 0.29) is 5.75 Å². The number of benzene rings is 2. The van der Waals surface area contributed by atoms with E-state index in [1.807, 2.05) is 4.57 Å². The van der Waals surface area contributed by atoms with E-state index < -0.39 is 17.7 Å². The van der Waals surface area contributed by atoms with Crippen LogP contribution >= 0.6 is 11.8 Å². The number of nitrogens with zero attached hydrogens (tertiary/aromatic N) is 3. The highest BCUT2D eigenvalue weighted by Crippen LogP contribution is 2.28. The first-order valence-corrected chi connectivity index (χ1v) is 9.80. The molecule has 3 rings (SSSR count). The number of rotatable bonds is 8. The smallest absolute Gasteiger partial charge is 0.191 e. The Kier molecular flexibility index (Phi) is 6.46. The minimum Gasteiger partial charge on any atom is -0.480 e. The molecule has 4 nitrogen and oxygen atoms in total. The van der Waals surface area contributed by atoms with Crippen LogP contribution in [0.1, 0.15) is 30.0 Å². The van der Waals surface area contributed by atoms with Crippen LogP contribution in [0.5, 0.6) is 5.75 Å². The zero-order valence-corrected chi connectivity index (χ0v) is 16.5. The summed E-state index contributed by atoms with van der Waals surface area (Å²) >= 11 is 1.56. The molecule has 1 atom stereocenters. The second-order valence-electron chi connectivity index (χ2n) is 6.35. The number of aromatic nitrogens is 3. The Morgan fingerprint density at radius 1 is 1.18 bits per heavy atom. The summed E-state index contributed by atoms with van der Waals surface area (Å²) in [6.07, 6.45) is 1.18. The maximum absolute atomic E-state index is 13.9. The van der Waals surface area contributed by atoms with Gasteiger partial charge in [-0.2, -0.15) is 0 Å². The molecule has 7 heteroatoms. The van der Waals surface area contributed by atoms with Crippen molar-refractivity contribution in [1.29, 1.82) is 0 Å². The van der Waals surface area contributed by atoms with Crippen molar-refractivity contribution >= 4 is 11.8 Å². The van der Waals surface area contributed by atoms with Crippen molar-refractivity contribution < 1.29 is 13.5 Å². The van der Waals surface area contributed by atoms with E-state index in [9.17, 15) is 8.78 Å². The number of ether oxygens (including phenoxy) is 1. The van der Waals surface area contributed by atoms with Crippen molar-refractivity contribution in [2.75, 3.05) is 0 Å². The third kappa shape index (κ3) is 4.78. The quantitative estimate of drug-likeness (QED) is 0.370. The molecule has 0 radical (unpaired) electrons. The summed E-state index contributed by atoms with van der Waals surface area (Å²) < 4.78 is 34.5. The van der Waals surface area contributed by atoms with Crippen LogP contribution in [0, 0.1) is 18.6 Å². The van der Waals surface area contributed by atoms with Gasteiger partial charge < -0.3 is 4.74 Å². The predicted octanol–water partition coefficient (Wildman–Crippen LogP) is 5.48. The molecule has 0 aliphatic heterocycles. The molecule has 0 saturated heterocycles. The summed E-state index contributed by atoms with van der Waals surface area (Å²) in [7, 11) is 0. The van der Waals surface area contributed by atoms with E-state index in [4.69, 9.17) is 4.74 Å². The molecule has 0 spiro atoms. The fourth-order valence-corrected chi connectivity index (χ4v) is 3.57. The Morgan fingerprint density at radius 2 is 1.93 bits per heavy atom. The second-order valence-corrected chi connectivity index (χ2v) is 7.29. The van der Waals surface area contributed by atoms with Gasteiger partial charge in [-0.15, -0.1) is 16.8 Å². The molecule has 0 bridgehead atoms. The SMILES string of the molecule is C=CCn1c(SCc2ccc(C)cc2)nnc1C(C)Oc1ccc(F)cc1F. The molecule has 1 heterocycles. The van der Waals surface area contributed by atoms with Crippen molar-refractivity contribution in [2.45, 2.75) is 37.4 Å². The number of hydrogen-bond acceptors (Lipinski definition) is 4. The number of allylic oxidation sites excluding steroid dienone is 1. The van der Waals surface area contributed by atoms with Gasteiger partial charge in [0.15, 0.2) is 28.7 Å². The lowest BCUT2D eigenvalue weighted by Crippen LogP contribution is -2.13. The van der Waals surface area contributed by atoms with Crippen molar-refractivity contribution in [1.82, 2.24) is 14.8 Å². The first kappa shape index (κ1) is 20.1. The van der Waals surface area contributed by atoms with Crippen molar-refractivity contribution in [3.8, 4) is 5.75 Å². The van der Waals surface area contributed by atoms with Crippen molar-refractivity contribution in [3.05, 3.63) is 83.7 Å². The molecule has 0 amide bonds. The van der Waals surface area contributed by atoms with Crippen LogP contribution in [0.15, 0.2) is 60.3 Å². The van der Waals surface area contributed by atoms with Crippen molar-refractivity contribution in [2.24, 2.45) is 0 Å². The molecule has 0 aliphatic rings. The highest BCUT2D eigenvalue weighted by atomic mass is 32.2. The standard InChI is InChI=1S/C21H21F2N3OS/c1-4-11-26-20(15(3)27-19-10-9-17(22)12-18(19)23)24-25-21(26)28-13-16-7-5-14(2)6-8-16/h4-10,12,15H,1,11,13H2,2-3H3. The van der Waals surface area contributed by atoms with Gasteiger partial charge in [-0.25, -0.2) is 8.78 Å². The Hall–Kier alpha value is -2.67. The van der Waals surface area contributed by atoms with E-state index in [1.165, 1.54) is 17.2 Å². The molecule has 3 aromatic rings. The van der Waals surface area contributed by atoms with Crippen LogP contribution in [0.4, 0.5) is 8.78 Å². The lowest BCUT2D eigenvalue weighted by atomic mass is 10.2. The maximum Gasteiger partial charge on any atom is 0.191 e. The summed E-state index contributed by atoms with van der Waals surface area (Å²) in [6, 6.07) is 11.5. The fourth-order valence-electron chi connectivity index (χ4n) is 2.65. The number of thioether (sulfide) groups is 1.